The van der Waals surface area contributed by atoms with E-state index in [2.05, 4.69) is 38.0 Å². The summed E-state index contributed by atoms with van der Waals surface area (Å²) >= 11 is 13.7. The van der Waals surface area contributed by atoms with Gasteiger partial charge in [-0.05, 0) is 77.8 Å². The maximum absolute atomic E-state index is 12.6. The normalized spacial score (nSPS) is 15.5. The number of halogens is 2. The average Bonchev–Trinajstić information content (AvgIpc) is 3.17. The molecule has 1 N–H and O–H groups in total. The fourth-order valence-corrected chi connectivity index (χ4v) is 4.79. The molecule has 1 aromatic heterocycles. The van der Waals surface area contributed by atoms with Crippen LogP contribution in [0.3, 0.4) is 0 Å². The second kappa shape index (κ2) is 10.6. The van der Waals surface area contributed by atoms with Gasteiger partial charge in [0.05, 0.1) is 10.0 Å². The Balaban J connectivity index is 1.33. The van der Waals surface area contributed by atoms with E-state index in [1.54, 1.807) is 29.5 Å². The summed E-state index contributed by atoms with van der Waals surface area (Å²) < 4.78 is 0. The summed E-state index contributed by atoms with van der Waals surface area (Å²) in [5, 5.41) is 8.15. The van der Waals surface area contributed by atoms with Crippen LogP contribution in [0, 0.1) is 0 Å². The molecule has 1 amide bonds. The summed E-state index contributed by atoms with van der Waals surface area (Å²) in [6.45, 7) is 6.25. The lowest BCUT2D eigenvalue weighted by molar-refractivity contribution is 0.102. The third-order valence-electron chi connectivity index (χ3n) is 5.44. The molecule has 1 saturated heterocycles. The highest BCUT2D eigenvalue weighted by Crippen LogP contribution is 2.23. The second-order valence-corrected chi connectivity index (χ2v) is 9.42. The molecule has 1 aliphatic rings. The fraction of sp³-hybridized carbons (Fsp3) is 0.292. The van der Waals surface area contributed by atoms with Crippen molar-refractivity contribution in [1.29, 1.82) is 0 Å². The molecule has 1 aliphatic heterocycles. The molecule has 0 bridgehead atoms. The first-order valence-corrected chi connectivity index (χ1v) is 12.1. The van der Waals surface area contributed by atoms with Gasteiger partial charge in [-0.2, -0.15) is 11.3 Å². The molecule has 0 saturated carbocycles. The van der Waals surface area contributed by atoms with Crippen LogP contribution in [0.15, 0.2) is 59.3 Å². The van der Waals surface area contributed by atoms with Crippen molar-refractivity contribution in [2.45, 2.75) is 19.5 Å². The van der Waals surface area contributed by atoms with E-state index in [1.165, 1.54) is 11.1 Å². The van der Waals surface area contributed by atoms with Crippen LogP contribution in [0.25, 0.3) is 0 Å². The third kappa shape index (κ3) is 6.31. The Bertz CT molecular complexity index is 1030. The topological polar surface area (TPSA) is 35.6 Å². The number of benzene rings is 2. The predicted octanol–water partition coefficient (Wildman–Crippen LogP) is 6.02. The van der Waals surface area contributed by atoms with Crippen LogP contribution in [0.1, 0.15) is 27.9 Å². The first-order valence-electron chi connectivity index (χ1n) is 10.4. The van der Waals surface area contributed by atoms with E-state index >= 15 is 0 Å². The van der Waals surface area contributed by atoms with Crippen molar-refractivity contribution in [3.05, 3.63) is 86.0 Å². The molecule has 2 aromatic carbocycles. The number of rotatable bonds is 6. The minimum absolute atomic E-state index is 0.199. The van der Waals surface area contributed by atoms with Crippen LogP contribution in [0.4, 0.5) is 5.69 Å². The number of carbonyl (C=O) groups is 1. The summed E-state index contributed by atoms with van der Waals surface area (Å²) in [5.41, 5.74) is 3.86. The molecule has 0 radical (unpaired) electrons. The number of anilines is 1. The molecular weight excluding hydrogens is 449 g/mol. The predicted molar refractivity (Wildman–Crippen MR) is 130 cm³/mol. The lowest BCUT2D eigenvalue weighted by atomic mass is 10.1. The number of carbonyl (C=O) groups excluding carboxylic acids is 1. The molecule has 4 rings (SSSR count). The van der Waals surface area contributed by atoms with Crippen molar-refractivity contribution < 1.29 is 4.79 Å². The number of amides is 1. The number of nitrogens with one attached hydrogen (secondary N) is 1. The smallest absolute Gasteiger partial charge is 0.255 e. The van der Waals surface area contributed by atoms with E-state index < -0.39 is 0 Å². The lowest BCUT2D eigenvalue weighted by Crippen LogP contribution is -2.30. The van der Waals surface area contributed by atoms with Gasteiger partial charge in [-0.1, -0.05) is 35.3 Å². The molecule has 0 spiro atoms. The number of hydrogen-bond acceptors (Lipinski definition) is 4. The molecule has 162 valence electrons. The summed E-state index contributed by atoms with van der Waals surface area (Å²) in [6, 6.07) is 15.2. The van der Waals surface area contributed by atoms with Crippen LogP contribution in [-0.4, -0.2) is 41.9 Å². The number of thiophene rings is 1. The van der Waals surface area contributed by atoms with Gasteiger partial charge >= 0.3 is 0 Å². The molecule has 7 heteroatoms. The molecule has 1 fully saturated rings. The average molecular weight is 474 g/mol. The van der Waals surface area contributed by atoms with E-state index in [4.69, 9.17) is 23.2 Å². The van der Waals surface area contributed by atoms with Crippen molar-refractivity contribution in [2.24, 2.45) is 0 Å². The van der Waals surface area contributed by atoms with Crippen LogP contribution >= 0.6 is 34.5 Å². The van der Waals surface area contributed by atoms with Gasteiger partial charge < -0.3 is 5.32 Å². The van der Waals surface area contributed by atoms with Gasteiger partial charge in [0, 0.05) is 37.4 Å². The summed E-state index contributed by atoms with van der Waals surface area (Å²) in [7, 11) is 0. The Labute approximate surface area is 197 Å². The minimum atomic E-state index is -0.199. The van der Waals surface area contributed by atoms with Crippen LogP contribution in [0.5, 0.6) is 0 Å². The molecular formula is C24H25Cl2N3OS. The SMILES string of the molecule is O=C(Nc1cccc(CN2CCCN(Cc3ccsc3)CC2)c1)c1ccc(Cl)c(Cl)c1. The fourth-order valence-electron chi connectivity index (χ4n) is 3.83. The molecule has 31 heavy (non-hydrogen) atoms. The van der Waals surface area contributed by atoms with Crippen LogP contribution in [0.2, 0.25) is 10.0 Å². The number of hydrogen-bond donors (Lipinski definition) is 1. The Hall–Kier alpha value is -1.89. The van der Waals surface area contributed by atoms with Gasteiger partial charge in [0.1, 0.15) is 0 Å². The van der Waals surface area contributed by atoms with E-state index in [9.17, 15) is 4.79 Å². The largest absolute Gasteiger partial charge is 0.322 e. The number of nitrogens with zero attached hydrogens (tertiary/aromatic N) is 2. The van der Waals surface area contributed by atoms with Crippen molar-refractivity contribution in [1.82, 2.24) is 9.80 Å². The maximum Gasteiger partial charge on any atom is 0.255 e. The Morgan fingerprint density at radius 3 is 2.39 bits per heavy atom. The van der Waals surface area contributed by atoms with Crippen molar-refractivity contribution in [3.63, 3.8) is 0 Å². The van der Waals surface area contributed by atoms with Gasteiger partial charge in [-0.25, -0.2) is 0 Å². The lowest BCUT2D eigenvalue weighted by Gasteiger charge is -2.22. The molecule has 0 aliphatic carbocycles. The molecule has 4 nitrogen and oxygen atoms in total. The monoisotopic (exact) mass is 473 g/mol. The van der Waals surface area contributed by atoms with Crippen molar-refractivity contribution >= 4 is 46.1 Å². The van der Waals surface area contributed by atoms with Gasteiger partial charge in [-0.15, -0.1) is 0 Å². The van der Waals surface area contributed by atoms with E-state index in [-0.39, 0.29) is 5.91 Å². The van der Waals surface area contributed by atoms with Gasteiger partial charge in [0.15, 0.2) is 0 Å². The van der Waals surface area contributed by atoms with E-state index in [0.29, 0.717) is 15.6 Å². The Kier molecular flexibility index (Phi) is 7.64. The van der Waals surface area contributed by atoms with Gasteiger partial charge in [0.2, 0.25) is 0 Å². The quantitative estimate of drug-likeness (QED) is 0.475. The van der Waals surface area contributed by atoms with Gasteiger partial charge in [0.25, 0.3) is 5.91 Å². The highest BCUT2D eigenvalue weighted by Gasteiger charge is 2.16. The van der Waals surface area contributed by atoms with Gasteiger partial charge in [-0.3, -0.25) is 14.6 Å². The summed E-state index contributed by atoms with van der Waals surface area (Å²) in [4.78, 5) is 17.6. The first kappa shape index (κ1) is 22.3. The van der Waals surface area contributed by atoms with Crippen molar-refractivity contribution in [3.8, 4) is 0 Å². The Morgan fingerprint density at radius 2 is 1.68 bits per heavy atom. The van der Waals surface area contributed by atoms with Crippen molar-refractivity contribution in [2.75, 3.05) is 31.5 Å². The van der Waals surface area contributed by atoms with E-state index in [0.717, 1.165) is 51.4 Å². The zero-order valence-electron chi connectivity index (χ0n) is 17.2. The summed E-state index contributed by atoms with van der Waals surface area (Å²) in [5.74, 6) is -0.199. The zero-order chi connectivity index (χ0) is 21.6. The molecule has 0 unspecified atom stereocenters. The van der Waals surface area contributed by atoms with E-state index in [1.807, 2.05) is 18.2 Å². The maximum atomic E-state index is 12.6. The zero-order valence-corrected chi connectivity index (χ0v) is 19.5. The standard InChI is InChI=1S/C24H25Cl2N3OS/c25-22-6-5-20(14-23(22)26)24(30)27-21-4-1-3-18(13-21)15-28-8-2-9-29(11-10-28)16-19-7-12-31-17-19/h1,3-7,12-14,17H,2,8-11,15-16H2,(H,27,30). The van der Waals surface area contributed by atoms with Crippen LogP contribution in [-0.2, 0) is 13.1 Å². The molecule has 3 aromatic rings. The second-order valence-electron chi connectivity index (χ2n) is 7.82. The molecule has 0 atom stereocenters. The third-order valence-corrected chi connectivity index (χ3v) is 6.91. The molecule has 2 heterocycles. The highest BCUT2D eigenvalue weighted by molar-refractivity contribution is 7.07. The first-order chi connectivity index (χ1) is 15.1. The minimum Gasteiger partial charge on any atom is -0.322 e. The Morgan fingerprint density at radius 1 is 0.903 bits per heavy atom. The van der Waals surface area contributed by atoms with Crippen LogP contribution < -0.4 is 5.32 Å². The summed E-state index contributed by atoms with van der Waals surface area (Å²) in [6.07, 6.45) is 1.16. The highest BCUT2D eigenvalue weighted by atomic mass is 35.5.